The Morgan fingerprint density at radius 2 is 2.10 bits per heavy atom. The van der Waals surface area contributed by atoms with E-state index in [4.69, 9.17) is 4.42 Å². The van der Waals surface area contributed by atoms with Crippen molar-refractivity contribution in [2.75, 3.05) is 20.6 Å². The summed E-state index contributed by atoms with van der Waals surface area (Å²) in [4.78, 5) is 14.0. The summed E-state index contributed by atoms with van der Waals surface area (Å²) in [6, 6.07) is 7.47. The van der Waals surface area contributed by atoms with Crippen LogP contribution in [0.4, 0.5) is 0 Å². The molecule has 0 bridgehead atoms. The van der Waals surface area contributed by atoms with Crippen LogP contribution in [-0.4, -0.2) is 40.5 Å². The standard InChI is InChI=1S/C14H16N4O2/c1-17(2)8-5-9-18-13-10-6-3-4-7-11(10)20-14(19)12(13)15-16-18/h3-4,6-7H,5,8-9H2,1-2H3. The second kappa shape index (κ2) is 5.05. The van der Waals surface area contributed by atoms with Gasteiger partial charge in [-0.25, -0.2) is 9.48 Å². The van der Waals surface area contributed by atoms with Crippen molar-refractivity contribution in [3.63, 3.8) is 0 Å². The molecule has 0 fully saturated rings. The topological polar surface area (TPSA) is 64.2 Å². The number of rotatable bonds is 4. The Morgan fingerprint density at radius 1 is 1.30 bits per heavy atom. The van der Waals surface area contributed by atoms with E-state index >= 15 is 0 Å². The Kier molecular flexibility index (Phi) is 3.23. The van der Waals surface area contributed by atoms with E-state index < -0.39 is 5.63 Å². The molecule has 1 aromatic carbocycles. The third-order valence-corrected chi connectivity index (χ3v) is 3.25. The van der Waals surface area contributed by atoms with E-state index in [1.807, 2.05) is 32.3 Å². The average molecular weight is 272 g/mol. The number of hydrogen-bond acceptors (Lipinski definition) is 5. The van der Waals surface area contributed by atoms with E-state index in [0.717, 1.165) is 30.4 Å². The molecule has 0 aliphatic rings. The third kappa shape index (κ3) is 2.18. The molecule has 0 radical (unpaired) electrons. The molecule has 0 aliphatic carbocycles. The fraction of sp³-hybridized carbons (Fsp3) is 0.357. The predicted octanol–water partition coefficient (Wildman–Crippen LogP) is 1.49. The largest absolute Gasteiger partial charge is 0.421 e. The van der Waals surface area contributed by atoms with Gasteiger partial charge in [0.1, 0.15) is 11.1 Å². The van der Waals surface area contributed by atoms with Crippen LogP contribution in [0.2, 0.25) is 0 Å². The molecule has 3 rings (SSSR count). The Morgan fingerprint density at radius 3 is 2.90 bits per heavy atom. The predicted molar refractivity (Wildman–Crippen MR) is 76.7 cm³/mol. The van der Waals surface area contributed by atoms with Gasteiger partial charge in [0, 0.05) is 11.9 Å². The summed E-state index contributed by atoms with van der Waals surface area (Å²) in [5.41, 5.74) is 1.20. The SMILES string of the molecule is CN(C)CCCn1nnc2c(=O)oc3ccccc3c21. The smallest absolute Gasteiger partial charge is 0.366 e. The zero-order chi connectivity index (χ0) is 14.1. The summed E-state index contributed by atoms with van der Waals surface area (Å²) in [5, 5.41) is 8.92. The van der Waals surface area contributed by atoms with Gasteiger partial charge in [0.15, 0.2) is 5.52 Å². The summed E-state index contributed by atoms with van der Waals surface area (Å²) >= 11 is 0. The lowest BCUT2D eigenvalue weighted by Gasteiger charge is -2.09. The van der Waals surface area contributed by atoms with Gasteiger partial charge >= 0.3 is 5.63 Å². The molecule has 0 saturated heterocycles. The van der Waals surface area contributed by atoms with Crippen molar-refractivity contribution in [1.29, 1.82) is 0 Å². The first-order valence-electron chi connectivity index (χ1n) is 6.56. The van der Waals surface area contributed by atoms with Crippen LogP contribution in [0.15, 0.2) is 33.5 Å². The van der Waals surface area contributed by atoms with Crippen molar-refractivity contribution >= 4 is 22.0 Å². The van der Waals surface area contributed by atoms with Crippen LogP contribution in [0.5, 0.6) is 0 Å². The van der Waals surface area contributed by atoms with Crippen LogP contribution in [0.1, 0.15) is 6.42 Å². The number of hydrogen-bond donors (Lipinski definition) is 0. The molecule has 0 aliphatic heterocycles. The van der Waals surface area contributed by atoms with Gasteiger partial charge in [-0.2, -0.15) is 0 Å². The number of aryl methyl sites for hydroxylation is 1. The minimum absolute atomic E-state index is 0.300. The first kappa shape index (κ1) is 12.8. The lowest BCUT2D eigenvalue weighted by atomic mass is 10.2. The first-order valence-corrected chi connectivity index (χ1v) is 6.56. The van der Waals surface area contributed by atoms with Gasteiger partial charge in [-0.15, -0.1) is 5.10 Å². The van der Waals surface area contributed by atoms with Crippen molar-refractivity contribution in [2.45, 2.75) is 13.0 Å². The summed E-state index contributed by atoms with van der Waals surface area (Å²) in [6.45, 7) is 1.68. The molecule has 0 spiro atoms. The molecule has 0 unspecified atom stereocenters. The molecule has 6 nitrogen and oxygen atoms in total. The minimum atomic E-state index is -0.433. The highest BCUT2D eigenvalue weighted by Crippen LogP contribution is 2.21. The van der Waals surface area contributed by atoms with Gasteiger partial charge in [0.05, 0.1) is 0 Å². The molecule has 0 amide bonds. The highest BCUT2D eigenvalue weighted by atomic mass is 16.4. The highest BCUT2D eigenvalue weighted by molar-refractivity contribution is 6.00. The number of nitrogens with zero attached hydrogens (tertiary/aromatic N) is 4. The van der Waals surface area contributed by atoms with E-state index in [1.54, 1.807) is 10.7 Å². The molecule has 0 atom stereocenters. The van der Waals surface area contributed by atoms with Crippen LogP contribution in [-0.2, 0) is 6.54 Å². The molecular formula is C14H16N4O2. The average Bonchev–Trinajstić information content (AvgIpc) is 2.83. The third-order valence-electron chi connectivity index (χ3n) is 3.25. The fourth-order valence-electron chi connectivity index (χ4n) is 2.31. The van der Waals surface area contributed by atoms with E-state index in [1.165, 1.54) is 0 Å². The van der Waals surface area contributed by atoms with E-state index in [9.17, 15) is 4.79 Å². The normalized spacial score (nSPS) is 11.8. The van der Waals surface area contributed by atoms with Crippen molar-refractivity contribution in [3.05, 3.63) is 34.7 Å². The van der Waals surface area contributed by atoms with Gasteiger partial charge in [-0.3, -0.25) is 0 Å². The van der Waals surface area contributed by atoms with Gasteiger partial charge in [0.25, 0.3) is 0 Å². The Hall–Kier alpha value is -2.21. The van der Waals surface area contributed by atoms with Crippen LogP contribution in [0.25, 0.3) is 22.0 Å². The maximum absolute atomic E-state index is 11.9. The van der Waals surface area contributed by atoms with Gasteiger partial charge in [0.2, 0.25) is 0 Å². The summed E-state index contributed by atoms with van der Waals surface area (Å²) in [7, 11) is 4.06. The van der Waals surface area contributed by atoms with E-state index in [-0.39, 0.29) is 0 Å². The van der Waals surface area contributed by atoms with E-state index in [0.29, 0.717) is 11.1 Å². The Bertz CT molecular complexity index is 804. The highest BCUT2D eigenvalue weighted by Gasteiger charge is 2.14. The molecular weight excluding hydrogens is 256 g/mol. The number of aromatic nitrogens is 3. The summed E-state index contributed by atoms with van der Waals surface area (Å²) in [5.74, 6) is 0. The van der Waals surface area contributed by atoms with Crippen molar-refractivity contribution < 1.29 is 4.42 Å². The molecule has 0 saturated carbocycles. The lowest BCUT2D eigenvalue weighted by Crippen LogP contribution is -2.15. The number of para-hydroxylation sites is 1. The van der Waals surface area contributed by atoms with Crippen LogP contribution in [0, 0.1) is 0 Å². The van der Waals surface area contributed by atoms with Gasteiger partial charge in [-0.05, 0) is 39.2 Å². The zero-order valence-electron chi connectivity index (χ0n) is 11.5. The lowest BCUT2D eigenvalue weighted by molar-refractivity contribution is 0.381. The maximum atomic E-state index is 11.9. The van der Waals surface area contributed by atoms with Crippen molar-refractivity contribution in [3.8, 4) is 0 Å². The monoisotopic (exact) mass is 272 g/mol. The number of benzene rings is 1. The van der Waals surface area contributed by atoms with E-state index in [2.05, 4.69) is 15.2 Å². The van der Waals surface area contributed by atoms with Crippen LogP contribution in [0.3, 0.4) is 0 Å². The maximum Gasteiger partial charge on any atom is 0.366 e. The van der Waals surface area contributed by atoms with Gasteiger partial charge < -0.3 is 9.32 Å². The van der Waals surface area contributed by atoms with Gasteiger partial charge in [-0.1, -0.05) is 17.3 Å². The molecule has 2 heterocycles. The zero-order valence-corrected chi connectivity index (χ0v) is 11.5. The second-order valence-corrected chi connectivity index (χ2v) is 5.05. The second-order valence-electron chi connectivity index (χ2n) is 5.05. The molecule has 20 heavy (non-hydrogen) atoms. The molecule has 3 aromatic rings. The van der Waals surface area contributed by atoms with Crippen molar-refractivity contribution in [1.82, 2.24) is 19.9 Å². The quantitative estimate of drug-likeness (QED) is 0.673. The minimum Gasteiger partial charge on any atom is -0.421 e. The number of fused-ring (bicyclic) bond motifs is 3. The summed E-state index contributed by atoms with van der Waals surface area (Å²) in [6.07, 6.45) is 0.944. The molecule has 0 N–H and O–H groups in total. The summed E-state index contributed by atoms with van der Waals surface area (Å²) < 4.78 is 7.04. The van der Waals surface area contributed by atoms with Crippen LogP contribution < -0.4 is 5.63 Å². The van der Waals surface area contributed by atoms with Crippen molar-refractivity contribution in [2.24, 2.45) is 0 Å². The molecule has 104 valence electrons. The Balaban J connectivity index is 2.12. The molecule has 6 heteroatoms. The first-order chi connectivity index (χ1) is 9.66. The van der Waals surface area contributed by atoms with Crippen LogP contribution >= 0.6 is 0 Å². The Labute approximate surface area is 115 Å². The molecule has 2 aromatic heterocycles. The fourth-order valence-corrected chi connectivity index (χ4v) is 2.31.